The minimum Gasteiger partial charge on any atom is -0.356 e. The number of rotatable bonds is 3. The van der Waals surface area contributed by atoms with Gasteiger partial charge in [-0.2, -0.15) is 11.3 Å². The molecule has 2 heterocycles. The van der Waals surface area contributed by atoms with Gasteiger partial charge in [-0.15, -0.1) is 0 Å². The van der Waals surface area contributed by atoms with Gasteiger partial charge in [-0.3, -0.25) is 4.79 Å². The molecule has 0 aliphatic heterocycles. The Kier molecular flexibility index (Phi) is 3.46. The summed E-state index contributed by atoms with van der Waals surface area (Å²) in [6.07, 6.45) is 1.76. The standard InChI is InChI=1S/C11H11BrN2OS/c1-14(6-8-2-3-16-7-8)11(15)10-4-9(12)5-13-10/h2-5,7,13H,6H2,1H3. The maximum atomic E-state index is 12.0. The molecule has 0 saturated heterocycles. The van der Waals surface area contributed by atoms with Crippen LogP contribution in [0.5, 0.6) is 0 Å². The van der Waals surface area contributed by atoms with Gasteiger partial charge in [0, 0.05) is 24.3 Å². The molecule has 84 valence electrons. The average Bonchev–Trinajstić information content (AvgIpc) is 2.88. The van der Waals surface area contributed by atoms with Crippen molar-refractivity contribution in [1.82, 2.24) is 9.88 Å². The van der Waals surface area contributed by atoms with Crippen molar-refractivity contribution in [2.24, 2.45) is 0 Å². The quantitative estimate of drug-likeness (QED) is 0.929. The van der Waals surface area contributed by atoms with Crippen molar-refractivity contribution in [2.45, 2.75) is 6.54 Å². The Morgan fingerprint density at radius 3 is 3.00 bits per heavy atom. The molecule has 5 heteroatoms. The van der Waals surface area contributed by atoms with Crippen molar-refractivity contribution in [3.8, 4) is 0 Å². The lowest BCUT2D eigenvalue weighted by Crippen LogP contribution is -2.26. The third-order valence-electron chi connectivity index (χ3n) is 2.22. The first-order valence-electron chi connectivity index (χ1n) is 4.77. The number of nitrogens with zero attached hydrogens (tertiary/aromatic N) is 1. The number of nitrogens with one attached hydrogen (secondary N) is 1. The molecule has 0 aromatic carbocycles. The third kappa shape index (κ3) is 2.54. The summed E-state index contributed by atoms with van der Waals surface area (Å²) in [6, 6.07) is 3.81. The lowest BCUT2D eigenvalue weighted by Gasteiger charge is -2.15. The third-order valence-corrected chi connectivity index (χ3v) is 3.41. The van der Waals surface area contributed by atoms with Gasteiger partial charge in [0.05, 0.1) is 0 Å². The molecule has 0 aliphatic rings. The van der Waals surface area contributed by atoms with Gasteiger partial charge in [0.15, 0.2) is 0 Å². The Hall–Kier alpha value is -1.07. The minimum absolute atomic E-state index is 0.00287. The molecule has 0 unspecified atom stereocenters. The van der Waals surface area contributed by atoms with Crippen molar-refractivity contribution < 1.29 is 4.79 Å². The van der Waals surface area contributed by atoms with Gasteiger partial charge in [-0.05, 0) is 44.4 Å². The molecule has 0 bridgehead atoms. The number of hydrogen-bond donors (Lipinski definition) is 1. The van der Waals surface area contributed by atoms with E-state index in [1.54, 1.807) is 35.5 Å². The van der Waals surface area contributed by atoms with Gasteiger partial charge in [0.2, 0.25) is 0 Å². The van der Waals surface area contributed by atoms with Crippen molar-refractivity contribution in [3.05, 3.63) is 44.8 Å². The van der Waals surface area contributed by atoms with E-state index in [-0.39, 0.29) is 5.91 Å². The zero-order chi connectivity index (χ0) is 11.5. The van der Waals surface area contributed by atoms with Crippen molar-refractivity contribution in [2.75, 3.05) is 7.05 Å². The van der Waals surface area contributed by atoms with Crippen LogP contribution in [0.15, 0.2) is 33.6 Å². The first-order chi connectivity index (χ1) is 7.66. The van der Waals surface area contributed by atoms with Crippen molar-refractivity contribution >= 4 is 33.2 Å². The molecule has 2 aromatic heterocycles. The normalized spacial score (nSPS) is 10.4. The average molecular weight is 299 g/mol. The first-order valence-corrected chi connectivity index (χ1v) is 6.51. The van der Waals surface area contributed by atoms with Crippen molar-refractivity contribution in [3.63, 3.8) is 0 Å². The number of amides is 1. The van der Waals surface area contributed by atoms with Gasteiger partial charge >= 0.3 is 0 Å². The van der Waals surface area contributed by atoms with Crippen LogP contribution >= 0.6 is 27.3 Å². The van der Waals surface area contributed by atoms with E-state index >= 15 is 0 Å². The van der Waals surface area contributed by atoms with Gasteiger partial charge in [-0.1, -0.05) is 0 Å². The second-order valence-electron chi connectivity index (χ2n) is 3.52. The zero-order valence-electron chi connectivity index (χ0n) is 8.74. The van der Waals surface area contributed by atoms with Gasteiger partial charge in [0.1, 0.15) is 5.69 Å². The van der Waals surface area contributed by atoms with Crippen LogP contribution in [0.3, 0.4) is 0 Å². The number of aromatic amines is 1. The minimum atomic E-state index is -0.00287. The molecule has 0 atom stereocenters. The van der Waals surface area contributed by atoms with E-state index in [1.165, 1.54) is 0 Å². The van der Waals surface area contributed by atoms with Crippen LogP contribution in [0.4, 0.5) is 0 Å². The Balaban J connectivity index is 2.05. The number of thiophene rings is 1. The lowest BCUT2D eigenvalue weighted by atomic mass is 10.3. The second-order valence-corrected chi connectivity index (χ2v) is 5.22. The molecule has 16 heavy (non-hydrogen) atoms. The molecule has 0 saturated carbocycles. The molecule has 0 aliphatic carbocycles. The number of carbonyl (C=O) groups is 1. The fourth-order valence-corrected chi connectivity index (χ4v) is 2.43. The van der Waals surface area contributed by atoms with E-state index < -0.39 is 0 Å². The van der Waals surface area contributed by atoms with E-state index in [0.717, 1.165) is 10.0 Å². The Bertz CT molecular complexity index is 478. The first kappa shape index (κ1) is 11.4. The molecule has 1 N–H and O–H groups in total. The highest BCUT2D eigenvalue weighted by Gasteiger charge is 2.13. The van der Waals surface area contributed by atoms with Gasteiger partial charge in [0.25, 0.3) is 5.91 Å². The molecule has 0 fully saturated rings. The summed E-state index contributed by atoms with van der Waals surface area (Å²) in [5.74, 6) is -0.00287. The lowest BCUT2D eigenvalue weighted by molar-refractivity contribution is 0.0780. The summed E-state index contributed by atoms with van der Waals surface area (Å²) >= 11 is 4.95. The number of carbonyl (C=O) groups excluding carboxylic acids is 1. The summed E-state index contributed by atoms with van der Waals surface area (Å²) in [5, 5.41) is 4.06. The van der Waals surface area contributed by atoms with E-state index in [0.29, 0.717) is 12.2 Å². The Morgan fingerprint density at radius 1 is 1.62 bits per heavy atom. The van der Waals surface area contributed by atoms with Crippen LogP contribution < -0.4 is 0 Å². The maximum absolute atomic E-state index is 12.0. The number of H-pyrrole nitrogens is 1. The summed E-state index contributed by atoms with van der Waals surface area (Å²) in [6.45, 7) is 0.638. The monoisotopic (exact) mass is 298 g/mol. The molecular formula is C11H11BrN2OS. The molecule has 2 rings (SSSR count). The largest absolute Gasteiger partial charge is 0.356 e. The van der Waals surface area contributed by atoms with E-state index in [1.807, 2.05) is 11.4 Å². The topological polar surface area (TPSA) is 36.1 Å². The zero-order valence-corrected chi connectivity index (χ0v) is 11.1. The number of aromatic nitrogens is 1. The van der Waals surface area contributed by atoms with Gasteiger partial charge < -0.3 is 9.88 Å². The smallest absolute Gasteiger partial charge is 0.270 e. The maximum Gasteiger partial charge on any atom is 0.270 e. The molecule has 2 aromatic rings. The predicted octanol–water partition coefficient (Wildman–Crippen LogP) is 3.11. The summed E-state index contributed by atoms with van der Waals surface area (Å²) in [7, 11) is 1.80. The summed E-state index contributed by atoms with van der Waals surface area (Å²) in [4.78, 5) is 16.6. The highest BCUT2D eigenvalue weighted by atomic mass is 79.9. The van der Waals surface area contributed by atoms with E-state index in [9.17, 15) is 4.79 Å². The number of halogens is 1. The predicted molar refractivity (Wildman–Crippen MR) is 68.6 cm³/mol. The highest BCUT2D eigenvalue weighted by molar-refractivity contribution is 9.10. The number of hydrogen-bond acceptors (Lipinski definition) is 2. The Morgan fingerprint density at radius 2 is 2.44 bits per heavy atom. The fourth-order valence-electron chi connectivity index (χ4n) is 1.43. The molecule has 3 nitrogen and oxygen atoms in total. The summed E-state index contributed by atoms with van der Waals surface area (Å²) < 4.78 is 0.889. The van der Waals surface area contributed by atoms with E-state index in [2.05, 4.69) is 26.3 Å². The van der Waals surface area contributed by atoms with Crippen LogP contribution in [0.1, 0.15) is 16.1 Å². The van der Waals surface area contributed by atoms with E-state index in [4.69, 9.17) is 0 Å². The van der Waals surface area contributed by atoms with Crippen LogP contribution in [-0.2, 0) is 6.54 Å². The van der Waals surface area contributed by atoms with Crippen LogP contribution in [0.2, 0.25) is 0 Å². The second kappa shape index (κ2) is 4.84. The molecule has 0 radical (unpaired) electrons. The van der Waals surface area contributed by atoms with Crippen LogP contribution in [0, 0.1) is 0 Å². The molecular weight excluding hydrogens is 288 g/mol. The molecule has 0 spiro atoms. The van der Waals surface area contributed by atoms with Crippen LogP contribution in [-0.4, -0.2) is 22.8 Å². The van der Waals surface area contributed by atoms with Crippen LogP contribution in [0.25, 0.3) is 0 Å². The van der Waals surface area contributed by atoms with Gasteiger partial charge in [-0.25, -0.2) is 0 Å². The summed E-state index contributed by atoms with van der Waals surface area (Å²) in [5.41, 5.74) is 1.76. The Labute approximate surface area is 106 Å². The fraction of sp³-hybridized carbons (Fsp3) is 0.182. The highest BCUT2D eigenvalue weighted by Crippen LogP contribution is 2.14. The van der Waals surface area contributed by atoms with Crippen molar-refractivity contribution in [1.29, 1.82) is 0 Å². The molecule has 1 amide bonds. The SMILES string of the molecule is CN(Cc1ccsc1)C(=O)c1cc(Br)c[nH]1.